The summed E-state index contributed by atoms with van der Waals surface area (Å²) in [5, 5.41) is 30.7. The van der Waals surface area contributed by atoms with Crippen LogP contribution in [0.2, 0.25) is 0 Å². The Bertz CT molecular complexity index is 1090. The summed E-state index contributed by atoms with van der Waals surface area (Å²) in [7, 11) is 0. The van der Waals surface area contributed by atoms with Crippen molar-refractivity contribution in [3.05, 3.63) is 59.7 Å². The van der Waals surface area contributed by atoms with Gasteiger partial charge < -0.3 is 10.2 Å². The molecule has 2 aromatic rings. The first-order chi connectivity index (χ1) is 20.2. The van der Waals surface area contributed by atoms with Crippen molar-refractivity contribution in [3.8, 4) is 12.1 Å². The van der Waals surface area contributed by atoms with Gasteiger partial charge in [0.25, 0.3) is 0 Å². The average Bonchev–Trinajstić information content (AvgIpc) is 3.01. The fourth-order valence-electron chi connectivity index (χ4n) is 4.80. The Balaban J connectivity index is 2.03. The monoisotopic (exact) mass is 554 g/mol. The number of nitrogens with zero attached hydrogens (tertiary/aromatic N) is 5. The number of nitrogens with one attached hydrogen (secondary N) is 1. The Kier molecular flexibility index (Phi) is 17.3. The number of nitriles is 2. The van der Waals surface area contributed by atoms with E-state index in [2.05, 4.69) is 46.4 Å². The third kappa shape index (κ3) is 13.0. The first kappa shape index (κ1) is 33.6. The number of hydrogen-bond acceptors (Lipinski definition) is 6. The van der Waals surface area contributed by atoms with Gasteiger partial charge in [0, 0.05) is 25.3 Å². The number of hydrogen-bond donors (Lipinski definition) is 1. The smallest absolute Gasteiger partial charge is 0.153 e. The lowest BCUT2D eigenvalue weighted by atomic mass is 10.1. The van der Waals surface area contributed by atoms with Crippen LogP contribution in [0.3, 0.4) is 0 Å². The molecule has 220 valence electrons. The van der Waals surface area contributed by atoms with Crippen molar-refractivity contribution in [3.63, 3.8) is 0 Å². The van der Waals surface area contributed by atoms with Crippen molar-refractivity contribution in [1.29, 1.82) is 10.5 Å². The van der Waals surface area contributed by atoms with Gasteiger partial charge in [-0.25, -0.2) is 0 Å². The molecule has 0 aliphatic heterocycles. The highest BCUT2D eigenvalue weighted by Crippen LogP contribution is 2.25. The number of unbranched alkanes of at least 4 members (excludes halogenated alkanes) is 10. The molecule has 0 saturated heterocycles. The van der Waals surface area contributed by atoms with Crippen LogP contribution >= 0.6 is 0 Å². The Morgan fingerprint density at radius 2 is 1.10 bits per heavy atom. The average molecular weight is 555 g/mol. The highest BCUT2D eigenvalue weighted by atomic mass is 15.1. The van der Waals surface area contributed by atoms with Crippen molar-refractivity contribution in [2.75, 3.05) is 24.5 Å². The van der Waals surface area contributed by atoms with Crippen LogP contribution in [0, 0.1) is 22.7 Å². The van der Waals surface area contributed by atoms with Crippen LogP contribution < -0.4 is 10.2 Å². The maximum Gasteiger partial charge on any atom is 0.153 e. The zero-order valence-corrected chi connectivity index (χ0v) is 25.7. The summed E-state index contributed by atoms with van der Waals surface area (Å²) < 4.78 is 0. The SMILES string of the molecule is CCCCCCCCN(CCCCCCCC)c1ccc(N=Nc2ccc(C(NCCC)=C(C#N)C#N)cc2)cc1. The molecule has 1 N–H and O–H groups in total. The van der Waals surface area contributed by atoms with Crippen LogP contribution in [0.4, 0.5) is 17.1 Å². The second-order valence-electron chi connectivity index (χ2n) is 10.7. The van der Waals surface area contributed by atoms with Crippen LogP contribution in [0.15, 0.2) is 64.3 Å². The van der Waals surface area contributed by atoms with Crippen LogP contribution in [0.25, 0.3) is 5.70 Å². The summed E-state index contributed by atoms with van der Waals surface area (Å²) in [5.74, 6) is 0. The normalized spacial score (nSPS) is 10.8. The molecular weight excluding hydrogens is 504 g/mol. The summed E-state index contributed by atoms with van der Waals surface area (Å²) in [5.41, 5.74) is 4.22. The van der Waals surface area contributed by atoms with E-state index in [9.17, 15) is 10.5 Å². The maximum absolute atomic E-state index is 9.33. The molecule has 2 aromatic carbocycles. The molecule has 6 heteroatoms. The van der Waals surface area contributed by atoms with E-state index in [1.807, 2.05) is 55.5 Å². The van der Waals surface area contributed by atoms with Crippen LogP contribution in [0.5, 0.6) is 0 Å². The van der Waals surface area contributed by atoms with E-state index in [0.717, 1.165) is 36.4 Å². The van der Waals surface area contributed by atoms with Crippen molar-refractivity contribution in [2.24, 2.45) is 10.2 Å². The molecule has 0 amide bonds. The van der Waals surface area contributed by atoms with Crippen LogP contribution in [0.1, 0.15) is 110 Å². The summed E-state index contributed by atoms with van der Waals surface area (Å²) in [6, 6.07) is 19.9. The molecule has 0 radical (unpaired) electrons. The van der Waals surface area contributed by atoms with E-state index in [0.29, 0.717) is 12.2 Å². The molecule has 2 rings (SSSR count). The first-order valence-electron chi connectivity index (χ1n) is 15.8. The first-order valence-corrected chi connectivity index (χ1v) is 15.8. The van der Waals surface area contributed by atoms with E-state index in [4.69, 9.17) is 0 Å². The van der Waals surface area contributed by atoms with Crippen molar-refractivity contribution in [2.45, 2.75) is 104 Å². The van der Waals surface area contributed by atoms with Crippen LogP contribution in [-0.2, 0) is 0 Å². The number of allylic oxidation sites excluding steroid dienone is 1. The van der Waals surface area contributed by atoms with Gasteiger partial charge in [0.15, 0.2) is 5.57 Å². The number of anilines is 1. The Morgan fingerprint density at radius 1 is 0.634 bits per heavy atom. The fourth-order valence-corrected chi connectivity index (χ4v) is 4.80. The lowest BCUT2D eigenvalue weighted by Gasteiger charge is -2.25. The zero-order valence-electron chi connectivity index (χ0n) is 25.7. The molecule has 0 unspecified atom stereocenters. The second-order valence-corrected chi connectivity index (χ2v) is 10.7. The van der Waals surface area contributed by atoms with Gasteiger partial charge in [0.1, 0.15) is 12.1 Å². The van der Waals surface area contributed by atoms with E-state index in [1.165, 1.54) is 82.7 Å². The number of azo groups is 1. The highest BCUT2D eigenvalue weighted by molar-refractivity contribution is 5.74. The molecular formula is C35H50N6. The Morgan fingerprint density at radius 3 is 1.56 bits per heavy atom. The zero-order chi connectivity index (χ0) is 29.5. The number of benzene rings is 2. The van der Waals surface area contributed by atoms with Gasteiger partial charge in [-0.2, -0.15) is 20.8 Å². The minimum absolute atomic E-state index is 0.0787. The third-order valence-corrected chi connectivity index (χ3v) is 7.24. The minimum Gasteiger partial charge on any atom is -0.383 e. The Hall–Kier alpha value is -3.64. The molecule has 0 saturated carbocycles. The van der Waals surface area contributed by atoms with Gasteiger partial charge in [-0.1, -0.05) is 97.1 Å². The number of rotatable bonds is 21. The van der Waals surface area contributed by atoms with E-state index >= 15 is 0 Å². The predicted molar refractivity (Wildman–Crippen MR) is 172 cm³/mol. The van der Waals surface area contributed by atoms with Gasteiger partial charge in [-0.05, 0) is 61.2 Å². The summed E-state index contributed by atoms with van der Waals surface area (Å²) in [6.07, 6.45) is 16.6. The quantitative estimate of drug-likeness (QED) is 0.0944. The summed E-state index contributed by atoms with van der Waals surface area (Å²) >= 11 is 0. The summed E-state index contributed by atoms with van der Waals surface area (Å²) in [6.45, 7) is 9.49. The fraction of sp³-hybridized carbons (Fsp3) is 0.543. The summed E-state index contributed by atoms with van der Waals surface area (Å²) in [4.78, 5) is 2.55. The van der Waals surface area contributed by atoms with Crippen LogP contribution in [-0.4, -0.2) is 19.6 Å². The van der Waals surface area contributed by atoms with Gasteiger partial charge in [0.05, 0.1) is 17.1 Å². The predicted octanol–water partition coefficient (Wildman–Crippen LogP) is 10.4. The van der Waals surface area contributed by atoms with Crippen molar-refractivity contribution in [1.82, 2.24) is 5.32 Å². The Labute approximate surface area is 249 Å². The minimum atomic E-state index is 0.0787. The molecule has 0 bridgehead atoms. The molecule has 0 fully saturated rings. The van der Waals surface area contributed by atoms with Gasteiger partial charge in [0.2, 0.25) is 0 Å². The standard InChI is InChI=1S/C35H50N6/c1-4-7-9-11-13-15-26-41(27-16-14-12-10-8-5-2)34-23-21-33(22-24-34)40-39-32-19-17-30(18-20-32)35(38-25-6-3)31(28-36)29-37/h17-24,38H,4-16,25-27H2,1-3H3. The van der Waals surface area contributed by atoms with Crippen molar-refractivity contribution < 1.29 is 0 Å². The molecule has 0 spiro atoms. The molecule has 0 aliphatic rings. The van der Waals surface area contributed by atoms with Gasteiger partial charge in [-0.3, -0.25) is 0 Å². The second kappa shape index (κ2) is 21.2. The molecule has 6 nitrogen and oxygen atoms in total. The highest BCUT2D eigenvalue weighted by Gasteiger charge is 2.09. The van der Waals surface area contributed by atoms with E-state index in [-0.39, 0.29) is 5.57 Å². The van der Waals surface area contributed by atoms with Gasteiger partial charge >= 0.3 is 0 Å². The molecule has 0 heterocycles. The van der Waals surface area contributed by atoms with Gasteiger partial charge in [-0.15, -0.1) is 0 Å². The molecule has 0 atom stereocenters. The van der Waals surface area contributed by atoms with Crippen molar-refractivity contribution >= 4 is 22.8 Å². The maximum atomic E-state index is 9.33. The lowest BCUT2D eigenvalue weighted by Crippen LogP contribution is -2.25. The molecule has 0 aromatic heterocycles. The third-order valence-electron chi connectivity index (χ3n) is 7.24. The molecule has 41 heavy (non-hydrogen) atoms. The van der Waals surface area contributed by atoms with E-state index < -0.39 is 0 Å². The lowest BCUT2D eigenvalue weighted by molar-refractivity contribution is 0.575. The topological polar surface area (TPSA) is 87.6 Å². The molecule has 0 aliphatic carbocycles. The largest absolute Gasteiger partial charge is 0.383 e. The van der Waals surface area contributed by atoms with E-state index in [1.54, 1.807) is 0 Å².